The van der Waals surface area contributed by atoms with Crippen molar-refractivity contribution in [2.75, 3.05) is 45.9 Å². The summed E-state index contributed by atoms with van der Waals surface area (Å²) < 4.78 is 5.53. The van der Waals surface area contributed by atoms with E-state index >= 15 is 0 Å². The second kappa shape index (κ2) is 11.7. The molecule has 2 N–H and O–H groups in total. The van der Waals surface area contributed by atoms with E-state index in [0.717, 1.165) is 70.5 Å². The zero-order chi connectivity index (χ0) is 22.2. The van der Waals surface area contributed by atoms with Crippen LogP contribution in [0.3, 0.4) is 0 Å². The molecule has 0 spiro atoms. The number of hydrogen-bond donors (Lipinski definition) is 2. The standard InChI is InChI=1S/C25H39N5O2/c1-2-26-25(28-23-8-12-29(13-9-23)17-22-10-14-32-19-22)27-16-20-5-3-6-21(15-20)18-30-11-4-7-24(30)31/h3,5-6,15,22-23H,2,4,7-14,16-19H2,1H3,(H2,26,27,28). The lowest BCUT2D eigenvalue weighted by Crippen LogP contribution is -2.49. The third-order valence-electron chi connectivity index (χ3n) is 6.77. The number of likely N-dealkylation sites (tertiary alicyclic amines) is 2. The highest BCUT2D eigenvalue weighted by Gasteiger charge is 2.24. The van der Waals surface area contributed by atoms with E-state index in [1.54, 1.807) is 0 Å². The van der Waals surface area contributed by atoms with E-state index in [9.17, 15) is 4.79 Å². The number of carbonyl (C=O) groups excluding carboxylic acids is 1. The van der Waals surface area contributed by atoms with E-state index in [0.29, 0.717) is 25.6 Å². The molecule has 3 fully saturated rings. The monoisotopic (exact) mass is 441 g/mol. The number of piperidine rings is 1. The predicted molar refractivity (Wildman–Crippen MR) is 127 cm³/mol. The van der Waals surface area contributed by atoms with E-state index < -0.39 is 0 Å². The number of rotatable bonds is 8. The minimum atomic E-state index is 0.273. The zero-order valence-corrected chi connectivity index (χ0v) is 19.5. The first kappa shape index (κ1) is 23.1. The van der Waals surface area contributed by atoms with Gasteiger partial charge < -0.3 is 25.2 Å². The first-order valence-electron chi connectivity index (χ1n) is 12.4. The van der Waals surface area contributed by atoms with E-state index in [-0.39, 0.29) is 5.91 Å². The van der Waals surface area contributed by atoms with Gasteiger partial charge in [0.2, 0.25) is 5.91 Å². The number of ether oxygens (including phenoxy) is 1. The maximum atomic E-state index is 11.9. The fourth-order valence-corrected chi connectivity index (χ4v) is 4.95. The Kier molecular flexibility index (Phi) is 8.40. The third kappa shape index (κ3) is 6.69. The molecule has 3 heterocycles. The number of amides is 1. The van der Waals surface area contributed by atoms with Crippen LogP contribution >= 0.6 is 0 Å². The van der Waals surface area contributed by atoms with Crippen LogP contribution < -0.4 is 10.6 Å². The van der Waals surface area contributed by atoms with Gasteiger partial charge in [-0.25, -0.2) is 4.99 Å². The molecule has 0 aliphatic carbocycles. The summed E-state index contributed by atoms with van der Waals surface area (Å²) in [6.07, 6.45) is 5.18. The van der Waals surface area contributed by atoms with Gasteiger partial charge in [-0.05, 0) is 49.7 Å². The Labute approximate surface area is 192 Å². The van der Waals surface area contributed by atoms with E-state index in [2.05, 4.69) is 46.7 Å². The van der Waals surface area contributed by atoms with Crippen LogP contribution in [0.25, 0.3) is 0 Å². The van der Waals surface area contributed by atoms with Crippen LogP contribution in [0.4, 0.5) is 0 Å². The molecule has 1 amide bonds. The van der Waals surface area contributed by atoms with Crippen molar-refractivity contribution in [1.29, 1.82) is 0 Å². The Morgan fingerprint density at radius 3 is 2.75 bits per heavy atom. The van der Waals surface area contributed by atoms with Crippen molar-refractivity contribution in [3.8, 4) is 0 Å². The van der Waals surface area contributed by atoms with Crippen LogP contribution in [0.1, 0.15) is 50.2 Å². The Bertz CT molecular complexity index is 769. The third-order valence-corrected chi connectivity index (χ3v) is 6.77. The summed E-state index contributed by atoms with van der Waals surface area (Å²) in [5.74, 6) is 1.89. The zero-order valence-electron chi connectivity index (χ0n) is 19.5. The number of nitrogens with one attached hydrogen (secondary N) is 2. The Balaban J connectivity index is 1.26. The fraction of sp³-hybridized carbons (Fsp3) is 0.680. The van der Waals surface area contributed by atoms with E-state index in [4.69, 9.17) is 9.73 Å². The van der Waals surface area contributed by atoms with Crippen LogP contribution in [0.5, 0.6) is 0 Å². The van der Waals surface area contributed by atoms with Crippen LogP contribution in [0.15, 0.2) is 29.3 Å². The lowest BCUT2D eigenvalue weighted by Gasteiger charge is -2.34. The molecule has 0 bridgehead atoms. The minimum absolute atomic E-state index is 0.273. The predicted octanol–water partition coefficient (Wildman–Crippen LogP) is 2.37. The summed E-state index contributed by atoms with van der Waals surface area (Å²) in [6, 6.07) is 8.95. The summed E-state index contributed by atoms with van der Waals surface area (Å²) in [6.45, 7) is 10.5. The van der Waals surface area contributed by atoms with Crippen LogP contribution in [0, 0.1) is 5.92 Å². The van der Waals surface area contributed by atoms with Crippen molar-refractivity contribution < 1.29 is 9.53 Å². The maximum absolute atomic E-state index is 11.9. The number of nitrogens with zero attached hydrogens (tertiary/aromatic N) is 3. The summed E-state index contributed by atoms with van der Waals surface area (Å²) in [5.41, 5.74) is 2.37. The molecule has 3 aliphatic rings. The molecule has 3 saturated heterocycles. The fourth-order valence-electron chi connectivity index (χ4n) is 4.95. The number of carbonyl (C=O) groups is 1. The van der Waals surface area contributed by atoms with Crippen molar-refractivity contribution in [2.24, 2.45) is 10.9 Å². The van der Waals surface area contributed by atoms with Crippen molar-refractivity contribution in [3.05, 3.63) is 35.4 Å². The van der Waals surface area contributed by atoms with E-state index in [1.165, 1.54) is 24.1 Å². The minimum Gasteiger partial charge on any atom is -0.381 e. The molecule has 32 heavy (non-hydrogen) atoms. The maximum Gasteiger partial charge on any atom is 0.222 e. The molecule has 1 aromatic rings. The Morgan fingerprint density at radius 1 is 1.19 bits per heavy atom. The molecule has 7 heteroatoms. The number of guanidine groups is 1. The molecule has 1 unspecified atom stereocenters. The number of benzene rings is 1. The first-order chi connectivity index (χ1) is 15.7. The Hall–Kier alpha value is -2.12. The lowest BCUT2D eigenvalue weighted by molar-refractivity contribution is -0.128. The van der Waals surface area contributed by atoms with Gasteiger partial charge in [-0.15, -0.1) is 0 Å². The molecule has 7 nitrogen and oxygen atoms in total. The average molecular weight is 442 g/mol. The van der Waals surface area contributed by atoms with Crippen LogP contribution in [0.2, 0.25) is 0 Å². The number of hydrogen-bond acceptors (Lipinski definition) is 4. The van der Waals surface area contributed by atoms with Gasteiger partial charge in [-0.3, -0.25) is 4.79 Å². The van der Waals surface area contributed by atoms with Crippen molar-refractivity contribution in [1.82, 2.24) is 20.4 Å². The topological polar surface area (TPSA) is 69.2 Å². The summed E-state index contributed by atoms with van der Waals surface area (Å²) in [4.78, 5) is 21.3. The summed E-state index contributed by atoms with van der Waals surface area (Å²) >= 11 is 0. The van der Waals surface area contributed by atoms with Gasteiger partial charge in [0, 0.05) is 58.3 Å². The van der Waals surface area contributed by atoms with Crippen molar-refractivity contribution in [2.45, 2.75) is 58.2 Å². The molecule has 1 aromatic carbocycles. The number of aliphatic imine (C=N–C) groups is 1. The van der Waals surface area contributed by atoms with Crippen molar-refractivity contribution >= 4 is 11.9 Å². The van der Waals surface area contributed by atoms with Gasteiger partial charge in [-0.2, -0.15) is 0 Å². The molecule has 3 aliphatic heterocycles. The molecule has 1 atom stereocenters. The molecular formula is C25H39N5O2. The highest BCUT2D eigenvalue weighted by Crippen LogP contribution is 2.18. The van der Waals surface area contributed by atoms with Gasteiger partial charge in [0.15, 0.2) is 5.96 Å². The Morgan fingerprint density at radius 2 is 2.03 bits per heavy atom. The largest absolute Gasteiger partial charge is 0.381 e. The molecular weight excluding hydrogens is 402 g/mol. The van der Waals surface area contributed by atoms with Crippen molar-refractivity contribution in [3.63, 3.8) is 0 Å². The summed E-state index contributed by atoms with van der Waals surface area (Å²) in [7, 11) is 0. The van der Waals surface area contributed by atoms with Crippen LogP contribution in [-0.2, 0) is 22.6 Å². The second-order valence-corrected chi connectivity index (χ2v) is 9.38. The smallest absolute Gasteiger partial charge is 0.222 e. The summed E-state index contributed by atoms with van der Waals surface area (Å²) in [5, 5.41) is 7.06. The van der Waals surface area contributed by atoms with Gasteiger partial charge in [0.25, 0.3) is 0 Å². The molecule has 4 rings (SSSR count). The first-order valence-corrected chi connectivity index (χ1v) is 12.4. The normalized spacial score (nSPS) is 23.2. The molecule has 0 radical (unpaired) electrons. The van der Waals surface area contributed by atoms with Gasteiger partial charge in [0.1, 0.15) is 0 Å². The average Bonchev–Trinajstić information content (AvgIpc) is 3.46. The molecule has 176 valence electrons. The van der Waals surface area contributed by atoms with E-state index in [1.807, 2.05) is 4.90 Å². The van der Waals surface area contributed by atoms with Crippen LogP contribution in [-0.4, -0.2) is 73.6 Å². The van der Waals surface area contributed by atoms with Gasteiger partial charge >= 0.3 is 0 Å². The van der Waals surface area contributed by atoms with Gasteiger partial charge in [-0.1, -0.05) is 24.3 Å². The quantitative estimate of drug-likeness (QED) is 0.479. The highest BCUT2D eigenvalue weighted by atomic mass is 16.5. The highest BCUT2D eigenvalue weighted by molar-refractivity contribution is 5.80. The lowest BCUT2D eigenvalue weighted by atomic mass is 10.0. The second-order valence-electron chi connectivity index (χ2n) is 9.38. The molecule has 0 aromatic heterocycles. The molecule has 0 saturated carbocycles. The SMILES string of the molecule is CCNC(=NCc1cccc(CN2CCCC2=O)c1)NC1CCN(CC2CCOC2)CC1. The van der Waals surface area contributed by atoms with Gasteiger partial charge in [0.05, 0.1) is 13.2 Å².